The number of hydrogen-bond donors (Lipinski definition) is 0. The molecule has 0 bridgehead atoms. The molecule has 0 aliphatic heterocycles. The van der Waals surface area contributed by atoms with Crippen molar-refractivity contribution >= 4 is 27.1 Å². The second-order valence-electron chi connectivity index (χ2n) is 5.64. The Bertz CT molecular complexity index is 1060. The van der Waals surface area contributed by atoms with Crippen molar-refractivity contribution in [2.75, 3.05) is 0 Å². The quantitative estimate of drug-likeness (QED) is 0.532. The van der Waals surface area contributed by atoms with Gasteiger partial charge in [0, 0.05) is 16.3 Å². The Kier molecular flexibility index (Phi) is 2.37. The molecular weight excluding hydrogens is 260 g/mol. The first-order valence-electron chi connectivity index (χ1n) is 7.29. The second-order valence-corrected chi connectivity index (χ2v) is 5.64. The van der Waals surface area contributed by atoms with Crippen LogP contribution in [0.3, 0.4) is 0 Å². The molecule has 0 fully saturated rings. The first-order chi connectivity index (χ1) is 10.1. The molecule has 0 unspecified atom stereocenters. The molecule has 0 aliphatic carbocycles. The van der Waals surface area contributed by atoms with E-state index < -0.39 is 0 Å². The van der Waals surface area contributed by atoms with Crippen molar-refractivity contribution in [3.63, 3.8) is 0 Å². The highest BCUT2D eigenvalue weighted by molar-refractivity contribution is 6.16. The highest BCUT2D eigenvalue weighted by atomic mass is 16.1. The molecule has 2 heterocycles. The molecule has 104 valence electrons. The highest BCUT2D eigenvalue weighted by Gasteiger charge is 2.17. The smallest absolute Gasteiger partial charge is 0.267 e. The third-order valence-electron chi connectivity index (χ3n) is 4.47. The molecule has 3 heteroatoms. The molecule has 4 aromatic rings. The maximum Gasteiger partial charge on any atom is 0.279 e. The van der Waals surface area contributed by atoms with Gasteiger partial charge in [-0.2, -0.15) is 9.61 Å². The zero-order valence-electron chi connectivity index (χ0n) is 12.4. The van der Waals surface area contributed by atoms with E-state index in [1.165, 1.54) is 11.1 Å². The van der Waals surface area contributed by atoms with Crippen LogP contribution in [0.25, 0.3) is 27.1 Å². The van der Waals surface area contributed by atoms with Gasteiger partial charge in [-0.15, -0.1) is 0 Å². The van der Waals surface area contributed by atoms with Gasteiger partial charge in [-0.25, -0.2) is 0 Å². The Labute approximate surface area is 122 Å². The predicted octanol–water partition coefficient (Wildman–Crippen LogP) is 3.62. The van der Waals surface area contributed by atoms with Gasteiger partial charge in [0.15, 0.2) is 0 Å². The van der Waals surface area contributed by atoms with Gasteiger partial charge in [0.2, 0.25) is 0 Å². The van der Waals surface area contributed by atoms with Crippen LogP contribution in [0.1, 0.15) is 23.7 Å². The Morgan fingerprint density at radius 1 is 1.05 bits per heavy atom. The maximum absolute atomic E-state index is 12.8. The Morgan fingerprint density at radius 2 is 1.81 bits per heavy atom. The zero-order chi connectivity index (χ0) is 14.7. The summed E-state index contributed by atoms with van der Waals surface area (Å²) >= 11 is 0. The molecule has 0 aliphatic rings. The molecule has 0 saturated carbocycles. The zero-order valence-corrected chi connectivity index (χ0v) is 12.4. The maximum atomic E-state index is 12.8. The largest absolute Gasteiger partial charge is 0.279 e. The third kappa shape index (κ3) is 1.43. The normalized spacial score (nSPS) is 12.0. The molecule has 0 spiro atoms. The lowest BCUT2D eigenvalue weighted by molar-refractivity contribution is 0.909. The summed E-state index contributed by atoms with van der Waals surface area (Å²) in [5.74, 6) is 0. The summed E-state index contributed by atoms with van der Waals surface area (Å²) in [6.45, 7) is 6.18. The van der Waals surface area contributed by atoms with Gasteiger partial charge in [-0.3, -0.25) is 4.79 Å². The fourth-order valence-electron chi connectivity index (χ4n) is 3.45. The van der Waals surface area contributed by atoms with E-state index in [-0.39, 0.29) is 5.56 Å². The first-order valence-corrected chi connectivity index (χ1v) is 7.29. The minimum atomic E-state index is -0.0171. The minimum absolute atomic E-state index is 0.0171. The summed E-state index contributed by atoms with van der Waals surface area (Å²) in [4.78, 5) is 12.8. The van der Waals surface area contributed by atoms with Gasteiger partial charge in [-0.05, 0) is 37.3 Å². The average Bonchev–Trinajstić information content (AvgIpc) is 2.83. The number of aryl methyl sites for hydroxylation is 3. The first kappa shape index (κ1) is 12.3. The van der Waals surface area contributed by atoms with E-state index in [4.69, 9.17) is 0 Å². The molecule has 21 heavy (non-hydrogen) atoms. The van der Waals surface area contributed by atoms with Crippen molar-refractivity contribution in [2.24, 2.45) is 0 Å². The van der Waals surface area contributed by atoms with Gasteiger partial charge in [-0.1, -0.05) is 31.2 Å². The summed E-state index contributed by atoms with van der Waals surface area (Å²) in [5.41, 5.74) is 4.27. The topological polar surface area (TPSA) is 34.4 Å². The number of nitrogens with zero attached hydrogens (tertiary/aromatic N) is 2. The van der Waals surface area contributed by atoms with Gasteiger partial charge < -0.3 is 0 Å². The molecule has 0 N–H and O–H groups in total. The van der Waals surface area contributed by atoms with Crippen LogP contribution in [0, 0.1) is 13.8 Å². The second kappa shape index (κ2) is 4.04. The van der Waals surface area contributed by atoms with E-state index in [2.05, 4.69) is 37.1 Å². The van der Waals surface area contributed by atoms with Crippen LogP contribution in [0.15, 0.2) is 35.1 Å². The van der Waals surface area contributed by atoms with E-state index in [1.807, 2.05) is 19.1 Å². The number of aromatic nitrogens is 2. The predicted molar refractivity (Wildman–Crippen MR) is 86.5 cm³/mol. The van der Waals surface area contributed by atoms with Crippen molar-refractivity contribution in [2.45, 2.75) is 27.2 Å². The lowest BCUT2D eigenvalue weighted by atomic mass is 9.97. The Morgan fingerprint density at radius 3 is 2.57 bits per heavy atom. The van der Waals surface area contributed by atoms with Crippen molar-refractivity contribution in [1.82, 2.24) is 9.61 Å². The third-order valence-corrected chi connectivity index (χ3v) is 4.47. The van der Waals surface area contributed by atoms with Gasteiger partial charge in [0.1, 0.15) is 0 Å². The van der Waals surface area contributed by atoms with Crippen LogP contribution < -0.4 is 5.56 Å². The lowest BCUT2D eigenvalue weighted by Gasteiger charge is -2.09. The number of pyridine rings is 1. The SMILES string of the molecule is CCc1c(C)nn2c(=O)c3ccc(C)c4cccc(c43)c12. The van der Waals surface area contributed by atoms with E-state index >= 15 is 0 Å². The summed E-state index contributed by atoms with van der Waals surface area (Å²) in [5, 5.41) is 8.59. The number of hydrogen-bond acceptors (Lipinski definition) is 2. The summed E-state index contributed by atoms with van der Waals surface area (Å²) in [6.07, 6.45) is 0.881. The summed E-state index contributed by atoms with van der Waals surface area (Å²) < 4.78 is 1.58. The highest BCUT2D eigenvalue weighted by Crippen LogP contribution is 2.32. The van der Waals surface area contributed by atoms with E-state index in [9.17, 15) is 4.79 Å². The Hall–Kier alpha value is -2.42. The lowest BCUT2D eigenvalue weighted by Crippen LogP contribution is -2.14. The molecule has 2 aromatic carbocycles. The fourth-order valence-corrected chi connectivity index (χ4v) is 3.45. The molecule has 2 aromatic heterocycles. The van der Waals surface area contributed by atoms with E-state index in [0.29, 0.717) is 0 Å². The van der Waals surface area contributed by atoms with E-state index in [0.717, 1.165) is 39.2 Å². The van der Waals surface area contributed by atoms with Gasteiger partial charge >= 0.3 is 0 Å². The van der Waals surface area contributed by atoms with Crippen LogP contribution in [0.2, 0.25) is 0 Å². The number of rotatable bonds is 1. The van der Waals surface area contributed by atoms with Gasteiger partial charge in [0.25, 0.3) is 5.56 Å². The monoisotopic (exact) mass is 276 g/mol. The summed E-state index contributed by atoms with van der Waals surface area (Å²) in [7, 11) is 0. The molecular formula is C18H16N2O. The standard InChI is InChI=1S/C18H16N2O/c1-4-12-11(3)19-20-17(12)14-7-5-6-13-10(2)8-9-15(16(13)14)18(20)21/h5-9H,4H2,1-3H3. The van der Waals surface area contributed by atoms with E-state index in [1.54, 1.807) is 4.52 Å². The average molecular weight is 276 g/mol. The molecule has 0 radical (unpaired) electrons. The molecule has 4 rings (SSSR count). The van der Waals surface area contributed by atoms with Crippen LogP contribution >= 0.6 is 0 Å². The summed E-state index contributed by atoms with van der Waals surface area (Å²) in [6, 6.07) is 10.2. The molecule has 0 saturated heterocycles. The van der Waals surface area contributed by atoms with Crippen molar-refractivity contribution in [3.05, 3.63) is 57.5 Å². The van der Waals surface area contributed by atoms with Crippen molar-refractivity contribution in [3.8, 4) is 0 Å². The fraction of sp³-hybridized carbons (Fsp3) is 0.222. The Balaban J connectivity index is 2.46. The van der Waals surface area contributed by atoms with Crippen LogP contribution in [0.5, 0.6) is 0 Å². The van der Waals surface area contributed by atoms with Crippen molar-refractivity contribution in [1.29, 1.82) is 0 Å². The van der Waals surface area contributed by atoms with Crippen LogP contribution in [-0.4, -0.2) is 9.61 Å². The molecule has 3 nitrogen and oxygen atoms in total. The number of fused-ring (bicyclic) bond motifs is 2. The molecule has 0 amide bonds. The molecule has 0 atom stereocenters. The van der Waals surface area contributed by atoms with Crippen molar-refractivity contribution < 1.29 is 0 Å². The van der Waals surface area contributed by atoms with Crippen LogP contribution in [0.4, 0.5) is 0 Å². The minimum Gasteiger partial charge on any atom is -0.267 e. The van der Waals surface area contributed by atoms with Crippen LogP contribution in [-0.2, 0) is 6.42 Å². The number of benzene rings is 2. The van der Waals surface area contributed by atoms with Gasteiger partial charge in [0.05, 0.1) is 16.6 Å².